The van der Waals surface area contributed by atoms with Gasteiger partial charge < -0.3 is 9.84 Å². The predicted octanol–water partition coefficient (Wildman–Crippen LogP) is 5.98. The van der Waals surface area contributed by atoms with Crippen molar-refractivity contribution in [2.45, 2.75) is 84.0 Å². The minimum absolute atomic E-state index is 0.0414. The monoisotopic (exact) mass is 364 g/mol. The molecule has 0 unspecified atom stereocenters. The smallest absolute Gasteiger partial charge is 0.306 e. The summed E-state index contributed by atoms with van der Waals surface area (Å²) in [6.45, 7) is 2.61. The Bertz CT molecular complexity index is 435. The van der Waals surface area contributed by atoms with E-state index in [0.717, 1.165) is 38.5 Å². The first-order valence-corrected chi connectivity index (χ1v) is 9.99. The number of hydrogen-bond acceptors (Lipinski definition) is 3. The summed E-state index contributed by atoms with van der Waals surface area (Å²) in [6, 6.07) is 0. The number of ether oxygens (including phenoxy) is 1. The van der Waals surface area contributed by atoms with E-state index in [1.165, 1.54) is 25.7 Å². The lowest BCUT2D eigenvalue weighted by molar-refractivity contribution is -0.147. The van der Waals surface area contributed by atoms with E-state index in [0.29, 0.717) is 6.61 Å². The number of hydrogen-bond donors (Lipinski definition) is 1. The standard InChI is InChI=1S/C22H36O4/c1-2-3-4-5-6-7-8-9-10-11-12-13-14-15-16-17-20-26-22(25)19-18-21(23)24/h6-7,9-10,12-13H,2-5,8,11,14-20H2,1H3,(H,23,24). The molecule has 0 radical (unpaired) electrons. The lowest BCUT2D eigenvalue weighted by atomic mass is 10.2. The molecule has 0 bridgehead atoms. The Kier molecular flexibility index (Phi) is 18.1. The molecule has 1 N–H and O–H groups in total. The quantitative estimate of drug-likeness (QED) is 0.196. The van der Waals surface area contributed by atoms with E-state index in [1.54, 1.807) is 0 Å². The van der Waals surface area contributed by atoms with E-state index in [4.69, 9.17) is 9.84 Å². The lowest BCUT2D eigenvalue weighted by Crippen LogP contribution is -2.08. The fraction of sp³-hybridized carbons (Fsp3) is 0.636. The minimum Gasteiger partial charge on any atom is -0.481 e. The van der Waals surface area contributed by atoms with Crippen LogP contribution in [-0.4, -0.2) is 23.7 Å². The van der Waals surface area contributed by atoms with Crippen molar-refractivity contribution < 1.29 is 19.4 Å². The van der Waals surface area contributed by atoms with Crippen molar-refractivity contribution in [2.24, 2.45) is 0 Å². The summed E-state index contributed by atoms with van der Waals surface area (Å²) in [5, 5.41) is 8.46. The van der Waals surface area contributed by atoms with Gasteiger partial charge >= 0.3 is 11.9 Å². The van der Waals surface area contributed by atoms with Gasteiger partial charge in [0.1, 0.15) is 0 Å². The molecule has 0 atom stereocenters. The zero-order valence-corrected chi connectivity index (χ0v) is 16.3. The summed E-state index contributed by atoms with van der Waals surface area (Å²) in [6.07, 6.45) is 24.2. The first kappa shape index (κ1) is 24.2. The summed E-state index contributed by atoms with van der Waals surface area (Å²) in [4.78, 5) is 21.5. The molecule has 0 aliphatic rings. The van der Waals surface area contributed by atoms with Crippen molar-refractivity contribution in [3.63, 3.8) is 0 Å². The van der Waals surface area contributed by atoms with Crippen LogP contribution >= 0.6 is 0 Å². The minimum atomic E-state index is -0.970. The summed E-state index contributed by atoms with van der Waals surface area (Å²) >= 11 is 0. The van der Waals surface area contributed by atoms with Crippen LogP contribution in [-0.2, 0) is 14.3 Å². The van der Waals surface area contributed by atoms with Crippen molar-refractivity contribution in [2.75, 3.05) is 6.61 Å². The van der Waals surface area contributed by atoms with E-state index in [1.807, 2.05) is 0 Å². The number of esters is 1. The molecule has 148 valence electrons. The van der Waals surface area contributed by atoms with Gasteiger partial charge in [-0.15, -0.1) is 0 Å². The Labute approximate surface area is 159 Å². The molecule has 0 aliphatic heterocycles. The van der Waals surface area contributed by atoms with Gasteiger partial charge in [0.05, 0.1) is 19.4 Å². The van der Waals surface area contributed by atoms with Crippen LogP contribution < -0.4 is 0 Å². The van der Waals surface area contributed by atoms with Crippen molar-refractivity contribution in [3.8, 4) is 0 Å². The molecule has 0 aromatic carbocycles. The molecule has 0 saturated carbocycles. The first-order chi connectivity index (χ1) is 12.7. The van der Waals surface area contributed by atoms with Gasteiger partial charge in [-0.1, -0.05) is 56.2 Å². The number of carbonyl (C=O) groups excluding carboxylic acids is 1. The van der Waals surface area contributed by atoms with Crippen LogP contribution in [0.15, 0.2) is 36.5 Å². The van der Waals surface area contributed by atoms with Crippen LogP contribution in [0.1, 0.15) is 84.0 Å². The zero-order valence-electron chi connectivity index (χ0n) is 16.3. The molecule has 0 aromatic heterocycles. The number of unbranched alkanes of at least 4 members (excludes halogenated alkanes) is 6. The molecular formula is C22H36O4. The van der Waals surface area contributed by atoms with E-state index in [-0.39, 0.29) is 12.8 Å². The van der Waals surface area contributed by atoms with Crippen LogP contribution in [0.2, 0.25) is 0 Å². The molecule has 0 aliphatic carbocycles. The van der Waals surface area contributed by atoms with Gasteiger partial charge in [-0.3, -0.25) is 9.59 Å². The Balaban J connectivity index is 3.36. The summed E-state index contributed by atoms with van der Waals surface area (Å²) in [7, 11) is 0. The highest BCUT2D eigenvalue weighted by molar-refractivity contribution is 5.76. The number of aliphatic carboxylic acids is 1. The molecular weight excluding hydrogens is 328 g/mol. The Morgan fingerprint density at radius 3 is 1.92 bits per heavy atom. The second kappa shape index (κ2) is 19.5. The van der Waals surface area contributed by atoms with Gasteiger partial charge in [0.15, 0.2) is 0 Å². The van der Waals surface area contributed by atoms with Gasteiger partial charge in [-0.2, -0.15) is 0 Å². The highest BCUT2D eigenvalue weighted by Crippen LogP contribution is 2.04. The second-order valence-electron chi connectivity index (χ2n) is 6.34. The molecule has 0 saturated heterocycles. The summed E-state index contributed by atoms with van der Waals surface area (Å²) < 4.78 is 4.98. The number of allylic oxidation sites excluding steroid dienone is 6. The molecule has 26 heavy (non-hydrogen) atoms. The van der Waals surface area contributed by atoms with E-state index in [2.05, 4.69) is 43.4 Å². The first-order valence-electron chi connectivity index (χ1n) is 9.99. The third-order valence-electron chi connectivity index (χ3n) is 3.84. The fourth-order valence-electron chi connectivity index (χ4n) is 2.30. The Morgan fingerprint density at radius 2 is 1.35 bits per heavy atom. The largest absolute Gasteiger partial charge is 0.481 e. The van der Waals surface area contributed by atoms with Crippen LogP contribution in [0.4, 0.5) is 0 Å². The van der Waals surface area contributed by atoms with Crippen molar-refractivity contribution >= 4 is 11.9 Å². The summed E-state index contributed by atoms with van der Waals surface area (Å²) in [5.74, 6) is -1.39. The topological polar surface area (TPSA) is 63.6 Å². The Morgan fingerprint density at radius 1 is 0.769 bits per heavy atom. The van der Waals surface area contributed by atoms with E-state index < -0.39 is 11.9 Å². The van der Waals surface area contributed by atoms with Gasteiger partial charge in [0.2, 0.25) is 0 Å². The second-order valence-corrected chi connectivity index (χ2v) is 6.34. The number of carboxylic acid groups (broad SMARTS) is 1. The predicted molar refractivity (Wildman–Crippen MR) is 107 cm³/mol. The average molecular weight is 365 g/mol. The average Bonchev–Trinajstić information content (AvgIpc) is 2.62. The third kappa shape index (κ3) is 20.2. The van der Waals surface area contributed by atoms with Crippen LogP contribution in [0.25, 0.3) is 0 Å². The van der Waals surface area contributed by atoms with Crippen molar-refractivity contribution in [1.82, 2.24) is 0 Å². The van der Waals surface area contributed by atoms with Crippen LogP contribution in [0.5, 0.6) is 0 Å². The van der Waals surface area contributed by atoms with E-state index in [9.17, 15) is 9.59 Å². The van der Waals surface area contributed by atoms with Crippen molar-refractivity contribution in [1.29, 1.82) is 0 Å². The van der Waals surface area contributed by atoms with Gasteiger partial charge in [-0.25, -0.2) is 0 Å². The fourth-order valence-corrected chi connectivity index (χ4v) is 2.30. The zero-order chi connectivity index (χ0) is 19.3. The van der Waals surface area contributed by atoms with Crippen LogP contribution in [0.3, 0.4) is 0 Å². The van der Waals surface area contributed by atoms with Gasteiger partial charge in [0.25, 0.3) is 0 Å². The van der Waals surface area contributed by atoms with E-state index >= 15 is 0 Å². The molecule has 0 aromatic rings. The molecule has 0 fully saturated rings. The maximum atomic E-state index is 11.2. The molecule has 0 amide bonds. The SMILES string of the molecule is CCCCCC=CCC=CCC=CCCCCCOC(=O)CCC(=O)O. The number of carboxylic acids is 1. The van der Waals surface area contributed by atoms with Crippen LogP contribution in [0, 0.1) is 0 Å². The molecule has 0 heterocycles. The Hall–Kier alpha value is -1.84. The maximum absolute atomic E-state index is 11.2. The summed E-state index contributed by atoms with van der Waals surface area (Å²) in [5.41, 5.74) is 0. The molecule has 4 nitrogen and oxygen atoms in total. The van der Waals surface area contributed by atoms with Gasteiger partial charge in [0, 0.05) is 0 Å². The molecule has 0 spiro atoms. The highest BCUT2D eigenvalue weighted by Gasteiger charge is 2.05. The maximum Gasteiger partial charge on any atom is 0.306 e. The lowest BCUT2D eigenvalue weighted by Gasteiger charge is -2.03. The normalized spacial score (nSPS) is 11.7. The third-order valence-corrected chi connectivity index (χ3v) is 3.84. The molecule has 0 rings (SSSR count). The number of carbonyl (C=O) groups is 2. The van der Waals surface area contributed by atoms with Gasteiger partial charge in [-0.05, 0) is 51.4 Å². The molecule has 4 heteroatoms. The highest BCUT2D eigenvalue weighted by atomic mass is 16.5. The number of rotatable bonds is 17. The van der Waals surface area contributed by atoms with Crippen molar-refractivity contribution in [3.05, 3.63) is 36.5 Å².